The van der Waals surface area contributed by atoms with E-state index in [0.717, 1.165) is 42.8 Å². The van der Waals surface area contributed by atoms with E-state index >= 15 is 0 Å². The molecular formula is C24H25N7O2. The number of pyridine rings is 1. The van der Waals surface area contributed by atoms with Gasteiger partial charge in [-0.25, -0.2) is 9.97 Å². The molecule has 1 aromatic carbocycles. The molecule has 0 bridgehead atoms. The standard InChI is InChI=1S/C24H25N7O2/c1-30-8-6-17(7-9-30)31-13-19(20(29-31)14-32-2)16-10-18(23(26)27-12-16)24-28-22-15(11-25)4-3-5-21(22)33-24/h3-5,10,12-13,17H,6-9,14H2,1-2H3,(H2,26,27). The lowest BCUT2D eigenvalue weighted by molar-refractivity contribution is 0.178. The third-order valence-corrected chi connectivity index (χ3v) is 6.15. The smallest absolute Gasteiger partial charge is 0.231 e. The van der Waals surface area contributed by atoms with Gasteiger partial charge < -0.3 is 19.8 Å². The van der Waals surface area contributed by atoms with Gasteiger partial charge >= 0.3 is 0 Å². The summed E-state index contributed by atoms with van der Waals surface area (Å²) in [5.41, 5.74) is 10.9. The van der Waals surface area contributed by atoms with E-state index < -0.39 is 0 Å². The van der Waals surface area contributed by atoms with Gasteiger partial charge in [0.15, 0.2) is 5.58 Å². The number of oxazole rings is 1. The van der Waals surface area contributed by atoms with E-state index in [0.29, 0.717) is 46.6 Å². The molecule has 2 N–H and O–H groups in total. The second-order valence-corrected chi connectivity index (χ2v) is 8.38. The molecule has 0 aliphatic carbocycles. The van der Waals surface area contributed by atoms with E-state index in [-0.39, 0.29) is 0 Å². The first-order chi connectivity index (χ1) is 16.1. The zero-order valence-electron chi connectivity index (χ0n) is 18.7. The van der Waals surface area contributed by atoms with Gasteiger partial charge in [-0.1, -0.05) is 6.07 Å². The van der Waals surface area contributed by atoms with Gasteiger partial charge in [0, 0.05) is 30.6 Å². The molecule has 0 saturated carbocycles. The number of ether oxygens (including phenoxy) is 1. The quantitative estimate of drug-likeness (QED) is 0.497. The highest BCUT2D eigenvalue weighted by Gasteiger charge is 2.22. The number of rotatable bonds is 5. The number of para-hydroxylation sites is 1. The van der Waals surface area contributed by atoms with Crippen molar-refractivity contribution in [3.05, 3.63) is 47.9 Å². The van der Waals surface area contributed by atoms with Crippen LogP contribution in [0.15, 0.2) is 41.1 Å². The van der Waals surface area contributed by atoms with Crippen LogP contribution in [0.5, 0.6) is 0 Å². The lowest BCUT2D eigenvalue weighted by Gasteiger charge is -2.29. The van der Waals surface area contributed by atoms with Crippen LogP contribution in [0.3, 0.4) is 0 Å². The van der Waals surface area contributed by atoms with Crippen LogP contribution in [0.4, 0.5) is 5.82 Å². The van der Waals surface area contributed by atoms with Crippen molar-refractivity contribution in [3.63, 3.8) is 0 Å². The van der Waals surface area contributed by atoms with E-state index in [1.54, 1.807) is 31.5 Å². The number of nitriles is 1. The van der Waals surface area contributed by atoms with Crippen LogP contribution < -0.4 is 5.73 Å². The number of benzene rings is 1. The normalized spacial score (nSPS) is 15.2. The molecule has 1 fully saturated rings. The maximum absolute atomic E-state index is 9.38. The number of nitrogen functional groups attached to an aromatic ring is 1. The van der Waals surface area contributed by atoms with Crippen molar-refractivity contribution < 1.29 is 9.15 Å². The maximum Gasteiger partial charge on any atom is 0.231 e. The van der Waals surface area contributed by atoms with Crippen LogP contribution in [0.2, 0.25) is 0 Å². The molecule has 1 saturated heterocycles. The second-order valence-electron chi connectivity index (χ2n) is 8.38. The number of hydrogen-bond acceptors (Lipinski definition) is 8. The number of fused-ring (bicyclic) bond motifs is 1. The number of anilines is 1. The molecule has 0 atom stereocenters. The van der Waals surface area contributed by atoms with E-state index in [1.807, 2.05) is 6.07 Å². The Balaban J connectivity index is 1.56. The van der Waals surface area contributed by atoms with Crippen molar-refractivity contribution in [2.75, 3.05) is 33.0 Å². The summed E-state index contributed by atoms with van der Waals surface area (Å²) in [5, 5.41) is 14.2. The Hall–Kier alpha value is -3.74. The van der Waals surface area contributed by atoms with Gasteiger partial charge in [-0.3, -0.25) is 4.68 Å². The van der Waals surface area contributed by atoms with Gasteiger partial charge in [0.1, 0.15) is 17.4 Å². The summed E-state index contributed by atoms with van der Waals surface area (Å²) in [6, 6.07) is 9.67. The molecular weight excluding hydrogens is 418 g/mol. The second kappa shape index (κ2) is 8.65. The van der Waals surface area contributed by atoms with Gasteiger partial charge in [-0.15, -0.1) is 0 Å². The molecule has 0 amide bonds. The van der Waals surface area contributed by atoms with E-state index in [9.17, 15) is 5.26 Å². The van der Waals surface area contributed by atoms with Crippen LogP contribution in [0.1, 0.15) is 30.1 Å². The minimum absolute atomic E-state index is 0.305. The average Bonchev–Trinajstić information content (AvgIpc) is 3.44. The first-order valence-electron chi connectivity index (χ1n) is 10.9. The van der Waals surface area contributed by atoms with Crippen molar-refractivity contribution >= 4 is 16.9 Å². The summed E-state index contributed by atoms with van der Waals surface area (Å²) < 4.78 is 13.4. The molecule has 5 rings (SSSR count). The molecule has 1 aliphatic heterocycles. The summed E-state index contributed by atoms with van der Waals surface area (Å²) in [5.74, 6) is 0.635. The summed E-state index contributed by atoms with van der Waals surface area (Å²) in [6.07, 6.45) is 5.91. The number of aromatic nitrogens is 4. The van der Waals surface area contributed by atoms with Crippen LogP contribution in [-0.2, 0) is 11.3 Å². The fourth-order valence-electron chi connectivity index (χ4n) is 4.31. The summed E-state index contributed by atoms with van der Waals surface area (Å²) in [4.78, 5) is 11.3. The predicted octanol–water partition coefficient (Wildman–Crippen LogP) is 3.62. The van der Waals surface area contributed by atoms with Crippen molar-refractivity contribution in [2.45, 2.75) is 25.5 Å². The lowest BCUT2D eigenvalue weighted by Crippen LogP contribution is -2.31. The molecule has 9 nitrogen and oxygen atoms in total. The van der Waals surface area contributed by atoms with Gasteiger partial charge in [-0.2, -0.15) is 10.4 Å². The largest absolute Gasteiger partial charge is 0.436 e. The highest BCUT2D eigenvalue weighted by molar-refractivity contribution is 5.84. The zero-order chi connectivity index (χ0) is 22.9. The molecule has 3 aromatic heterocycles. The minimum atomic E-state index is 0.305. The van der Waals surface area contributed by atoms with Gasteiger partial charge in [0.05, 0.1) is 29.5 Å². The van der Waals surface area contributed by atoms with Crippen LogP contribution >= 0.6 is 0 Å². The average molecular weight is 444 g/mol. The SMILES string of the molecule is COCc1nn(C2CCN(C)CC2)cc1-c1cnc(N)c(-c2nc3c(C#N)cccc3o2)c1. The molecule has 0 spiro atoms. The summed E-state index contributed by atoms with van der Waals surface area (Å²) in [6.45, 7) is 2.49. The third-order valence-electron chi connectivity index (χ3n) is 6.15. The molecule has 9 heteroatoms. The Kier molecular flexibility index (Phi) is 5.54. The number of hydrogen-bond donors (Lipinski definition) is 1. The Morgan fingerprint density at radius 3 is 2.85 bits per heavy atom. The number of nitrogens with zero attached hydrogens (tertiary/aromatic N) is 6. The van der Waals surface area contributed by atoms with Gasteiger partial charge in [0.25, 0.3) is 0 Å². The maximum atomic E-state index is 9.38. The predicted molar refractivity (Wildman–Crippen MR) is 124 cm³/mol. The third kappa shape index (κ3) is 3.95. The highest BCUT2D eigenvalue weighted by atomic mass is 16.5. The minimum Gasteiger partial charge on any atom is -0.436 e. The summed E-state index contributed by atoms with van der Waals surface area (Å²) >= 11 is 0. The molecule has 4 aromatic rings. The first kappa shape index (κ1) is 21.1. The fraction of sp³-hybridized carbons (Fsp3) is 0.333. The van der Waals surface area contributed by atoms with Crippen molar-refractivity contribution in [3.8, 4) is 28.7 Å². The highest BCUT2D eigenvalue weighted by Crippen LogP contribution is 2.34. The zero-order valence-corrected chi connectivity index (χ0v) is 18.7. The Morgan fingerprint density at radius 1 is 1.27 bits per heavy atom. The molecule has 168 valence electrons. The lowest BCUT2D eigenvalue weighted by atomic mass is 10.0. The van der Waals surface area contributed by atoms with Gasteiger partial charge in [-0.05, 0) is 51.2 Å². The Bertz CT molecular complexity index is 1340. The molecule has 4 heterocycles. The monoisotopic (exact) mass is 443 g/mol. The molecule has 0 radical (unpaired) electrons. The first-order valence-corrected chi connectivity index (χ1v) is 10.9. The van der Waals surface area contributed by atoms with E-state index in [2.05, 4.69) is 38.9 Å². The Morgan fingerprint density at radius 2 is 2.09 bits per heavy atom. The van der Waals surface area contributed by atoms with Crippen molar-refractivity contribution in [1.82, 2.24) is 24.6 Å². The summed E-state index contributed by atoms with van der Waals surface area (Å²) in [7, 11) is 3.81. The molecule has 0 unspecified atom stereocenters. The van der Waals surface area contributed by atoms with E-state index in [1.165, 1.54) is 0 Å². The topological polar surface area (TPSA) is 119 Å². The number of nitrogens with two attached hydrogens (primary N) is 1. The Labute approximate surface area is 191 Å². The van der Waals surface area contributed by atoms with Gasteiger partial charge in [0.2, 0.25) is 5.89 Å². The number of piperidine rings is 1. The van der Waals surface area contributed by atoms with E-state index in [4.69, 9.17) is 20.0 Å². The van der Waals surface area contributed by atoms with Crippen LogP contribution in [0.25, 0.3) is 33.7 Å². The van der Waals surface area contributed by atoms with Crippen LogP contribution in [-0.4, -0.2) is 51.9 Å². The number of likely N-dealkylation sites (tertiary alicyclic amines) is 1. The van der Waals surface area contributed by atoms with Crippen molar-refractivity contribution in [1.29, 1.82) is 5.26 Å². The van der Waals surface area contributed by atoms with Crippen LogP contribution in [0, 0.1) is 11.3 Å². The number of methoxy groups -OCH3 is 1. The molecule has 1 aliphatic rings. The molecule has 33 heavy (non-hydrogen) atoms. The fourth-order valence-corrected chi connectivity index (χ4v) is 4.31. The van der Waals surface area contributed by atoms with Crippen molar-refractivity contribution in [2.24, 2.45) is 0 Å².